The van der Waals surface area contributed by atoms with Gasteiger partial charge in [0.05, 0.1) is 4.88 Å². The second-order valence-corrected chi connectivity index (χ2v) is 6.89. The van der Waals surface area contributed by atoms with Gasteiger partial charge in [-0.1, -0.05) is 24.3 Å². The Balaban J connectivity index is 1.62. The maximum atomic E-state index is 12.6. The molecular weight excluding hydrogens is 334 g/mol. The van der Waals surface area contributed by atoms with Crippen LogP contribution in [0.1, 0.15) is 32.5 Å². The van der Waals surface area contributed by atoms with Crippen LogP contribution in [0.2, 0.25) is 0 Å². The number of ether oxygens (including phenoxy) is 1. The van der Waals surface area contributed by atoms with Crippen molar-refractivity contribution >= 4 is 28.7 Å². The number of ketones is 1. The number of amides is 1. The first-order chi connectivity index (χ1) is 12.1. The maximum Gasteiger partial charge on any atom is 0.265 e. The van der Waals surface area contributed by atoms with Crippen LogP contribution >= 0.6 is 11.3 Å². The van der Waals surface area contributed by atoms with Gasteiger partial charge in [0.15, 0.2) is 5.78 Å². The first-order valence-electron chi connectivity index (χ1n) is 7.89. The predicted octanol–water partition coefficient (Wildman–Crippen LogP) is 4.76. The van der Waals surface area contributed by atoms with E-state index in [0.29, 0.717) is 22.7 Å². The summed E-state index contributed by atoms with van der Waals surface area (Å²) in [5.41, 5.74) is 3.23. The molecule has 5 heteroatoms. The molecule has 0 fully saturated rings. The average Bonchev–Trinajstić information content (AvgIpc) is 3.07. The Hall–Kier alpha value is -2.92. The number of hydrogen-bond acceptors (Lipinski definition) is 4. The smallest absolute Gasteiger partial charge is 0.265 e. The number of rotatable bonds is 3. The zero-order valence-electron chi connectivity index (χ0n) is 13.5. The highest BCUT2D eigenvalue weighted by Gasteiger charge is 2.22. The standard InChI is InChI=1S/C20H15NO3S/c1-12(22)13-5-4-6-15(9-13)21-20(23)18-10-14-11-24-17-8-3-2-7-16(17)19(14)25-18/h2-10H,11H2,1H3,(H,21,23). The van der Waals surface area contributed by atoms with Gasteiger partial charge in [0.1, 0.15) is 12.4 Å². The number of anilines is 1. The third kappa shape index (κ3) is 2.94. The van der Waals surface area contributed by atoms with Gasteiger partial charge in [-0.25, -0.2) is 0 Å². The topological polar surface area (TPSA) is 55.4 Å². The van der Waals surface area contributed by atoms with Gasteiger partial charge in [-0.2, -0.15) is 0 Å². The normalized spacial score (nSPS) is 11.9. The summed E-state index contributed by atoms with van der Waals surface area (Å²) < 4.78 is 5.74. The number of benzene rings is 2. The van der Waals surface area contributed by atoms with Crippen LogP contribution in [0.4, 0.5) is 5.69 Å². The van der Waals surface area contributed by atoms with Gasteiger partial charge in [0.25, 0.3) is 5.91 Å². The number of fused-ring (bicyclic) bond motifs is 3. The molecule has 0 bridgehead atoms. The van der Waals surface area contributed by atoms with Crippen LogP contribution in [-0.4, -0.2) is 11.7 Å². The van der Waals surface area contributed by atoms with Gasteiger partial charge in [-0.3, -0.25) is 9.59 Å². The summed E-state index contributed by atoms with van der Waals surface area (Å²) in [5, 5.41) is 2.87. The molecule has 0 saturated heterocycles. The van der Waals surface area contributed by atoms with E-state index in [1.807, 2.05) is 30.3 Å². The Morgan fingerprint density at radius 2 is 1.92 bits per heavy atom. The Morgan fingerprint density at radius 1 is 1.08 bits per heavy atom. The molecule has 0 aliphatic carbocycles. The van der Waals surface area contributed by atoms with Crippen molar-refractivity contribution in [1.29, 1.82) is 0 Å². The van der Waals surface area contributed by atoms with E-state index in [2.05, 4.69) is 5.32 Å². The quantitative estimate of drug-likeness (QED) is 0.694. The van der Waals surface area contributed by atoms with Crippen molar-refractivity contribution in [2.75, 3.05) is 5.32 Å². The second kappa shape index (κ2) is 6.18. The molecule has 2 heterocycles. The minimum absolute atomic E-state index is 0.0311. The van der Waals surface area contributed by atoms with Crippen LogP contribution in [-0.2, 0) is 6.61 Å². The third-order valence-corrected chi connectivity index (χ3v) is 5.28. The Kier molecular flexibility index (Phi) is 3.86. The number of para-hydroxylation sites is 1. The molecule has 0 spiro atoms. The van der Waals surface area contributed by atoms with Crippen LogP contribution in [0.3, 0.4) is 0 Å². The largest absolute Gasteiger partial charge is 0.488 e. The molecule has 25 heavy (non-hydrogen) atoms. The molecule has 0 unspecified atom stereocenters. The van der Waals surface area contributed by atoms with Crippen molar-refractivity contribution in [2.24, 2.45) is 0 Å². The maximum absolute atomic E-state index is 12.6. The fourth-order valence-electron chi connectivity index (χ4n) is 2.82. The SMILES string of the molecule is CC(=O)c1cccc(NC(=O)c2cc3c(s2)-c2ccccc2OC3)c1. The highest BCUT2D eigenvalue weighted by Crippen LogP contribution is 2.42. The molecule has 1 aliphatic rings. The number of carbonyl (C=O) groups excluding carboxylic acids is 2. The minimum Gasteiger partial charge on any atom is -0.488 e. The number of Topliss-reactive ketones (excluding diaryl/α,β-unsaturated/α-hetero) is 1. The molecular formula is C20H15NO3S. The Morgan fingerprint density at radius 3 is 2.76 bits per heavy atom. The first-order valence-corrected chi connectivity index (χ1v) is 8.71. The van der Waals surface area contributed by atoms with Gasteiger partial charge >= 0.3 is 0 Å². The van der Waals surface area contributed by atoms with E-state index in [4.69, 9.17) is 4.74 Å². The lowest BCUT2D eigenvalue weighted by Gasteiger charge is -2.16. The van der Waals surface area contributed by atoms with E-state index >= 15 is 0 Å². The molecule has 0 saturated carbocycles. The fraction of sp³-hybridized carbons (Fsp3) is 0.100. The molecule has 1 N–H and O–H groups in total. The first kappa shape index (κ1) is 15.6. The summed E-state index contributed by atoms with van der Waals surface area (Å²) in [6, 6.07) is 16.7. The molecule has 4 rings (SSSR count). The van der Waals surface area contributed by atoms with Crippen molar-refractivity contribution < 1.29 is 14.3 Å². The van der Waals surface area contributed by atoms with Crippen LogP contribution in [0.5, 0.6) is 5.75 Å². The Labute approximate surface area is 149 Å². The number of thiophene rings is 1. The Bertz CT molecular complexity index is 990. The lowest BCUT2D eigenvalue weighted by Crippen LogP contribution is -2.10. The van der Waals surface area contributed by atoms with Crippen LogP contribution in [0.15, 0.2) is 54.6 Å². The molecule has 2 aromatic carbocycles. The van der Waals surface area contributed by atoms with Crippen molar-refractivity contribution in [3.05, 3.63) is 70.6 Å². The van der Waals surface area contributed by atoms with E-state index < -0.39 is 0 Å². The van der Waals surface area contributed by atoms with Gasteiger partial charge in [0.2, 0.25) is 0 Å². The average molecular weight is 349 g/mol. The summed E-state index contributed by atoms with van der Waals surface area (Å²) in [7, 11) is 0. The van der Waals surface area contributed by atoms with Gasteiger partial charge in [0, 0.05) is 27.3 Å². The molecule has 4 nitrogen and oxygen atoms in total. The van der Waals surface area contributed by atoms with Crippen molar-refractivity contribution in [3.63, 3.8) is 0 Å². The van der Waals surface area contributed by atoms with E-state index in [0.717, 1.165) is 21.8 Å². The molecule has 0 radical (unpaired) electrons. The molecule has 124 valence electrons. The van der Waals surface area contributed by atoms with Crippen LogP contribution in [0, 0.1) is 0 Å². The number of nitrogens with one attached hydrogen (secondary N) is 1. The zero-order chi connectivity index (χ0) is 17.4. The van der Waals surface area contributed by atoms with Crippen molar-refractivity contribution in [2.45, 2.75) is 13.5 Å². The lowest BCUT2D eigenvalue weighted by atomic mass is 10.1. The number of carbonyl (C=O) groups is 2. The highest BCUT2D eigenvalue weighted by molar-refractivity contribution is 7.17. The minimum atomic E-state index is -0.183. The van der Waals surface area contributed by atoms with Gasteiger partial charge in [-0.05, 0) is 37.3 Å². The number of hydrogen-bond donors (Lipinski definition) is 1. The second-order valence-electron chi connectivity index (χ2n) is 5.84. The summed E-state index contributed by atoms with van der Waals surface area (Å²) >= 11 is 1.46. The van der Waals surface area contributed by atoms with Gasteiger partial charge in [-0.15, -0.1) is 11.3 Å². The summed E-state index contributed by atoms with van der Waals surface area (Å²) in [6.07, 6.45) is 0. The highest BCUT2D eigenvalue weighted by atomic mass is 32.1. The predicted molar refractivity (Wildman–Crippen MR) is 98.5 cm³/mol. The molecule has 1 amide bonds. The van der Waals surface area contributed by atoms with E-state index in [9.17, 15) is 9.59 Å². The molecule has 1 aliphatic heterocycles. The van der Waals surface area contributed by atoms with E-state index in [-0.39, 0.29) is 11.7 Å². The van der Waals surface area contributed by atoms with Gasteiger partial charge < -0.3 is 10.1 Å². The van der Waals surface area contributed by atoms with Crippen LogP contribution in [0.25, 0.3) is 10.4 Å². The zero-order valence-corrected chi connectivity index (χ0v) is 14.4. The monoisotopic (exact) mass is 349 g/mol. The summed E-state index contributed by atoms with van der Waals surface area (Å²) in [4.78, 5) is 25.8. The summed E-state index contributed by atoms with van der Waals surface area (Å²) in [6.45, 7) is 1.97. The lowest BCUT2D eigenvalue weighted by molar-refractivity contribution is 0.101. The van der Waals surface area contributed by atoms with Crippen molar-refractivity contribution in [3.8, 4) is 16.2 Å². The fourth-order valence-corrected chi connectivity index (χ4v) is 3.91. The molecule has 3 aromatic rings. The van der Waals surface area contributed by atoms with E-state index in [1.165, 1.54) is 18.3 Å². The molecule has 0 atom stereocenters. The van der Waals surface area contributed by atoms with Crippen molar-refractivity contribution in [1.82, 2.24) is 0 Å². The van der Waals surface area contributed by atoms with E-state index in [1.54, 1.807) is 24.3 Å². The van der Waals surface area contributed by atoms with Crippen LogP contribution < -0.4 is 10.1 Å². The third-order valence-electron chi connectivity index (χ3n) is 4.07. The molecule has 1 aromatic heterocycles. The summed E-state index contributed by atoms with van der Waals surface area (Å²) in [5.74, 6) is 0.631.